The molecular weight excluding hydrogens is 230 g/mol. The SMILES string of the molecule is CSCC(=O)Nc1ccc(CCCl)cc1. The van der Waals surface area contributed by atoms with Crippen molar-refractivity contribution in [2.75, 3.05) is 23.2 Å². The van der Waals surface area contributed by atoms with Gasteiger partial charge in [0.25, 0.3) is 0 Å². The van der Waals surface area contributed by atoms with E-state index in [4.69, 9.17) is 11.6 Å². The van der Waals surface area contributed by atoms with Crippen LogP contribution in [0.3, 0.4) is 0 Å². The topological polar surface area (TPSA) is 29.1 Å². The van der Waals surface area contributed by atoms with Crippen LogP contribution < -0.4 is 5.32 Å². The minimum absolute atomic E-state index is 0.0348. The fraction of sp³-hybridized carbons (Fsp3) is 0.364. The number of thioether (sulfide) groups is 1. The number of hydrogen-bond donors (Lipinski definition) is 1. The third kappa shape index (κ3) is 4.58. The summed E-state index contributed by atoms with van der Waals surface area (Å²) < 4.78 is 0. The Balaban J connectivity index is 2.52. The van der Waals surface area contributed by atoms with Crippen molar-refractivity contribution < 1.29 is 4.79 Å². The van der Waals surface area contributed by atoms with E-state index >= 15 is 0 Å². The second kappa shape index (κ2) is 6.75. The van der Waals surface area contributed by atoms with Gasteiger partial charge in [0.15, 0.2) is 0 Å². The normalized spacial score (nSPS) is 10.0. The zero-order valence-corrected chi connectivity index (χ0v) is 10.2. The molecule has 0 bridgehead atoms. The Kier molecular flexibility index (Phi) is 5.58. The Hall–Kier alpha value is -0.670. The van der Waals surface area contributed by atoms with Crippen LogP contribution >= 0.6 is 23.4 Å². The summed E-state index contributed by atoms with van der Waals surface area (Å²) in [6.45, 7) is 0. The van der Waals surface area contributed by atoms with Gasteiger partial charge in [-0.25, -0.2) is 0 Å². The molecule has 82 valence electrons. The Morgan fingerprint density at radius 1 is 1.40 bits per heavy atom. The van der Waals surface area contributed by atoms with Crippen LogP contribution in [0.4, 0.5) is 5.69 Å². The number of halogens is 1. The fourth-order valence-corrected chi connectivity index (χ4v) is 1.74. The number of rotatable bonds is 5. The van der Waals surface area contributed by atoms with E-state index < -0.39 is 0 Å². The molecule has 0 aliphatic carbocycles. The highest BCUT2D eigenvalue weighted by Gasteiger charge is 2.00. The van der Waals surface area contributed by atoms with Crippen LogP contribution in [0.1, 0.15) is 5.56 Å². The highest BCUT2D eigenvalue weighted by atomic mass is 35.5. The molecule has 0 spiro atoms. The molecule has 0 aliphatic heterocycles. The molecule has 0 radical (unpaired) electrons. The molecule has 0 unspecified atom stereocenters. The highest BCUT2D eigenvalue weighted by Crippen LogP contribution is 2.10. The number of nitrogens with one attached hydrogen (secondary N) is 1. The maximum absolute atomic E-state index is 11.3. The van der Waals surface area contributed by atoms with Crippen molar-refractivity contribution in [1.29, 1.82) is 0 Å². The number of aryl methyl sites for hydroxylation is 1. The Morgan fingerprint density at radius 3 is 2.60 bits per heavy atom. The summed E-state index contributed by atoms with van der Waals surface area (Å²) >= 11 is 7.14. The van der Waals surface area contributed by atoms with E-state index in [1.165, 1.54) is 17.3 Å². The Morgan fingerprint density at radius 2 is 2.07 bits per heavy atom. The van der Waals surface area contributed by atoms with Gasteiger partial charge in [-0.3, -0.25) is 4.79 Å². The molecule has 0 fully saturated rings. The average Bonchev–Trinajstić information content (AvgIpc) is 2.22. The van der Waals surface area contributed by atoms with Crippen LogP contribution in [0.25, 0.3) is 0 Å². The van der Waals surface area contributed by atoms with E-state index in [9.17, 15) is 4.79 Å². The van der Waals surface area contributed by atoms with E-state index in [0.29, 0.717) is 11.6 Å². The van der Waals surface area contributed by atoms with Gasteiger partial charge in [-0.05, 0) is 30.4 Å². The largest absolute Gasteiger partial charge is 0.325 e. The third-order valence-electron chi connectivity index (χ3n) is 1.90. The first kappa shape index (κ1) is 12.4. The molecule has 0 heterocycles. The summed E-state index contributed by atoms with van der Waals surface area (Å²) in [5.41, 5.74) is 2.03. The molecule has 0 aliphatic rings. The Bertz CT molecular complexity index is 313. The predicted molar refractivity (Wildman–Crippen MR) is 67.9 cm³/mol. The van der Waals surface area contributed by atoms with Crippen molar-refractivity contribution in [3.8, 4) is 0 Å². The number of benzene rings is 1. The monoisotopic (exact) mass is 243 g/mol. The smallest absolute Gasteiger partial charge is 0.234 e. The average molecular weight is 244 g/mol. The number of anilines is 1. The zero-order valence-electron chi connectivity index (χ0n) is 8.63. The number of carbonyl (C=O) groups excluding carboxylic acids is 1. The van der Waals surface area contributed by atoms with Crippen molar-refractivity contribution in [3.63, 3.8) is 0 Å². The molecule has 4 heteroatoms. The van der Waals surface area contributed by atoms with Gasteiger partial charge in [0, 0.05) is 11.6 Å². The number of carbonyl (C=O) groups is 1. The molecule has 1 rings (SSSR count). The van der Waals surface area contributed by atoms with Crippen LogP contribution in [0.5, 0.6) is 0 Å². The fourth-order valence-electron chi connectivity index (χ4n) is 1.19. The number of alkyl halides is 1. The summed E-state index contributed by atoms with van der Waals surface area (Å²) in [6.07, 6.45) is 2.77. The standard InChI is InChI=1S/C11H14ClNOS/c1-15-8-11(14)13-10-4-2-9(3-5-10)6-7-12/h2-5H,6-8H2,1H3,(H,13,14). The Labute approximate surface area is 99.4 Å². The molecule has 0 aromatic heterocycles. The van der Waals surface area contributed by atoms with Gasteiger partial charge >= 0.3 is 0 Å². The van der Waals surface area contributed by atoms with Crippen LogP contribution in [0.2, 0.25) is 0 Å². The zero-order chi connectivity index (χ0) is 11.1. The van der Waals surface area contributed by atoms with Gasteiger partial charge in [0.1, 0.15) is 0 Å². The van der Waals surface area contributed by atoms with Crippen molar-refractivity contribution in [3.05, 3.63) is 29.8 Å². The molecule has 0 atom stereocenters. The third-order valence-corrected chi connectivity index (χ3v) is 2.64. The molecule has 2 nitrogen and oxygen atoms in total. The van der Waals surface area contributed by atoms with Gasteiger partial charge in [0.05, 0.1) is 5.75 Å². The van der Waals surface area contributed by atoms with Crippen molar-refractivity contribution in [2.24, 2.45) is 0 Å². The second-order valence-electron chi connectivity index (χ2n) is 3.12. The summed E-state index contributed by atoms with van der Waals surface area (Å²) in [5.74, 6) is 1.15. The lowest BCUT2D eigenvalue weighted by atomic mass is 10.1. The molecular formula is C11H14ClNOS. The molecule has 1 aromatic carbocycles. The lowest BCUT2D eigenvalue weighted by Crippen LogP contribution is -2.13. The van der Waals surface area contributed by atoms with E-state index in [-0.39, 0.29) is 5.91 Å². The quantitative estimate of drug-likeness (QED) is 0.806. The molecule has 0 saturated carbocycles. The van der Waals surface area contributed by atoms with Crippen LogP contribution in [0, 0.1) is 0 Å². The molecule has 15 heavy (non-hydrogen) atoms. The van der Waals surface area contributed by atoms with E-state index in [1.807, 2.05) is 30.5 Å². The minimum Gasteiger partial charge on any atom is -0.325 e. The minimum atomic E-state index is 0.0348. The number of amides is 1. The van der Waals surface area contributed by atoms with Crippen LogP contribution in [0.15, 0.2) is 24.3 Å². The molecule has 0 saturated heterocycles. The van der Waals surface area contributed by atoms with Gasteiger partial charge in [0.2, 0.25) is 5.91 Å². The van der Waals surface area contributed by atoms with E-state index in [1.54, 1.807) is 0 Å². The lowest BCUT2D eigenvalue weighted by Gasteiger charge is -2.04. The highest BCUT2D eigenvalue weighted by molar-refractivity contribution is 7.99. The van der Waals surface area contributed by atoms with E-state index in [0.717, 1.165) is 12.1 Å². The maximum Gasteiger partial charge on any atom is 0.234 e. The van der Waals surface area contributed by atoms with Crippen LogP contribution in [-0.4, -0.2) is 23.8 Å². The second-order valence-corrected chi connectivity index (χ2v) is 4.36. The van der Waals surface area contributed by atoms with Crippen molar-refractivity contribution >= 4 is 35.0 Å². The van der Waals surface area contributed by atoms with Crippen molar-refractivity contribution in [2.45, 2.75) is 6.42 Å². The summed E-state index contributed by atoms with van der Waals surface area (Å²) in [6, 6.07) is 7.77. The summed E-state index contributed by atoms with van der Waals surface area (Å²) in [4.78, 5) is 11.3. The first-order chi connectivity index (χ1) is 7.26. The van der Waals surface area contributed by atoms with Gasteiger partial charge < -0.3 is 5.32 Å². The van der Waals surface area contributed by atoms with Gasteiger partial charge in [-0.1, -0.05) is 12.1 Å². The summed E-state index contributed by atoms with van der Waals surface area (Å²) in [5, 5.41) is 2.82. The van der Waals surface area contributed by atoms with Gasteiger partial charge in [-0.15, -0.1) is 11.6 Å². The number of hydrogen-bond acceptors (Lipinski definition) is 2. The predicted octanol–water partition coefficient (Wildman–Crippen LogP) is 2.77. The van der Waals surface area contributed by atoms with Crippen molar-refractivity contribution in [1.82, 2.24) is 0 Å². The molecule has 1 aromatic rings. The summed E-state index contributed by atoms with van der Waals surface area (Å²) in [7, 11) is 0. The lowest BCUT2D eigenvalue weighted by molar-refractivity contribution is -0.113. The first-order valence-electron chi connectivity index (χ1n) is 4.70. The van der Waals surface area contributed by atoms with E-state index in [2.05, 4.69) is 5.32 Å². The molecule has 1 amide bonds. The molecule has 1 N–H and O–H groups in total. The van der Waals surface area contributed by atoms with Gasteiger partial charge in [-0.2, -0.15) is 11.8 Å². The maximum atomic E-state index is 11.3. The first-order valence-corrected chi connectivity index (χ1v) is 6.63. The van der Waals surface area contributed by atoms with Crippen LogP contribution in [-0.2, 0) is 11.2 Å².